The molecule has 1 heterocycles. The Morgan fingerprint density at radius 1 is 1.00 bits per heavy atom. The van der Waals surface area contributed by atoms with Crippen molar-refractivity contribution in [2.75, 3.05) is 55.6 Å². The van der Waals surface area contributed by atoms with Crippen LogP contribution in [0.1, 0.15) is 23.2 Å². The predicted molar refractivity (Wildman–Crippen MR) is 121 cm³/mol. The number of benzene rings is 1. The van der Waals surface area contributed by atoms with E-state index in [0.29, 0.717) is 40.7 Å². The Morgan fingerprint density at radius 2 is 1.60 bits per heavy atom. The number of carbonyl (C=O) groups is 1. The van der Waals surface area contributed by atoms with E-state index in [1.54, 1.807) is 19.2 Å². The van der Waals surface area contributed by atoms with E-state index in [0.717, 1.165) is 25.9 Å². The largest absolute Gasteiger partial charge is 0.493 e. The minimum Gasteiger partial charge on any atom is -0.493 e. The van der Waals surface area contributed by atoms with Crippen LogP contribution in [0.4, 0.5) is 0 Å². The summed E-state index contributed by atoms with van der Waals surface area (Å²) < 4.78 is 22.2. The fourth-order valence-electron chi connectivity index (χ4n) is 4.80. The molecule has 1 aromatic carbocycles. The topological polar surface area (TPSA) is 60.5 Å². The summed E-state index contributed by atoms with van der Waals surface area (Å²) in [6.07, 6.45) is 2.13. The van der Waals surface area contributed by atoms with Crippen LogP contribution in [-0.2, 0) is 4.74 Å². The number of rotatable bonds is 6. The molecule has 4 unspecified atom stereocenters. The van der Waals surface area contributed by atoms with Gasteiger partial charge in [0.15, 0.2) is 11.5 Å². The van der Waals surface area contributed by atoms with E-state index in [4.69, 9.17) is 18.9 Å². The Balaban J connectivity index is 0.00000225. The SMILES string of the molecule is COc1cc(C(=O)OC2C3CCC(N(C)C)C2CN(C)C3)cc(OC)c1OC.Cl.Cl. The molecule has 1 saturated heterocycles. The van der Waals surface area contributed by atoms with Crippen molar-refractivity contribution >= 4 is 30.8 Å². The van der Waals surface area contributed by atoms with E-state index in [9.17, 15) is 4.79 Å². The van der Waals surface area contributed by atoms with Crippen molar-refractivity contribution in [2.24, 2.45) is 11.8 Å². The van der Waals surface area contributed by atoms with Crippen molar-refractivity contribution in [1.29, 1.82) is 0 Å². The molecule has 1 aliphatic heterocycles. The van der Waals surface area contributed by atoms with Gasteiger partial charge < -0.3 is 28.7 Å². The lowest BCUT2D eigenvalue weighted by molar-refractivity contribution is -0.0873. The molecule has 7 nitrogen and oxygen atoms in total. The van der Waals surface area contributed by atoms with Crippen LogP contribution < -0.4 is 14.2 Å². The fraction of sp³-hybridized carbons (Fsp3) is 0.667. The molecule has 0 N–H and O–H groups in total. The molecule has 30 heavy (non-hydrogen) atoms. The summed E-state index contributed by atoms with van der Waals surface area (Å²) in [6, 6.07) is 3.71. The minimum absolute atomic E-state index is 0. The number of nitrogens with zero attached hydrogens (tertiary/aromatic N) is 2. The van der Waals surface area contributed by atoms with Gasteiger partial charge in [-0.1, -0.05) is 0 Å². The van der Waals surface area contributed by atoms with Crippen molar-refractivity contribution in [2.45, 2.75) is 25.0 Å². The highest BCUT2D eigenvalue weighted by molar-refractivity contribution is 5.91. The first kappa shape index (κ1) is 26.6. The molecule has 4 atom stereocenters. The highest BCUT2D eigenvalue weighted by Gasteiger charge is 2.46. The minimum atomic E-state index is -0.344. The zero-order chi connectivity index (χ0) is 20.4. The second-order valence-corrected chi connectivity index (χ2v) is 8.04. The highest BCUT2D eigenvalue weighted by Crippen LogP contribution is 2.41. The maximum Gasteiger partial charge on any atom is 0.338 e. The van der Waals surface area contributed by atoms with Crippen molar-refractivity contribution in [3.63, 3.8) is 0 Å². The predicted octanol–water partition coefficient (Wildman–Crippen LogP) is 2.98. The number of halogens is 2. The first-order chi connectivity index (χ1) is 13.4. The maximum absolute atomic E-state index is 13.0. The molecule has 1 aliphatic carbocycles. The summed E-state index contributed by atoms with van der Waals surface area (Å²) in [5.74, 6) is 1.69. The number of esters is 1. The fourth-order valence-corrected chi connectivity index (χ4v) is 4.80. The van der Waals surface area contributed by atoms with E-state index >= 15 is 0 Å². The summed E-state index contributed by atoms with van der Waals surface area (Å²) in [4.78, 5) is 17.7. The molecule has 0 radical (unpaired) electrons. The van der Waals surface area contributed by atoms with Crippen LogP contribution in [0.25, 0.3) is 0 Å². The van der Waals surface area contributed by atoms with Crippen molar-refractivity contribution in [3.05, 3.63) is 17.7 Å². The van der Waals surface area contributed by atoms with Gasteiger partial charge in [0, 0.05) is 31.0 Å². The van der Waals surface area contributed by atoms with Gasteiger partial charge in [-0.2, -0.15) is 0 Å². The van der Waals surface area contributed by atoms with Crippen LogP contribution in [0.2, 0.25) is 0 Å². The molecule has 9 heteroatoms. The monoisotopic (exact) mass is 464 g/mol. The number of carbonyl (C=O) groups excluding carboxylic acids is 1. The van der Waals surface area contributed by atoms with Gasteiger partial charge in [-0.25, -0.2) is 4.79 Å². The number of ether oxygens (including phenoxy) is 4. The summed E-state index contributed by atoms with van der Waals surface area (Å²) in [6.45, 7) is 1.90. The van der Waals surface area contributed by atoms with Gasteiger partial charge in [0.05, 0.1) is 26.9 Å². The third kappa shape index (κ3) is 5.25. The quantitative estimate of drug-likeness (QED) is 0.599. The van der Waals surface area contributed by atoms with E-state index < -0.39 is 0 Å². The molecule has 172 valence electrons. The average Bonchev–Trinajstić information content (AvgIpc) is 2.67. The molecular weight excluding hydrogens is 431 g/mol. The second-order valence-electron chi connectivity index (χ2n) is 8.04. The lowest BCUT2D eigenvalue weighted by atomic mass is 9.72. The van der Waals surface area contributed by atoms with E-state index in [2.05, 4.69) is 30.9 Å². The molecule has 2 aliphatic rings. The van der Waals surface area contributed by atoms with Gasteiger partial charge in [-0.15, -0.1) is 24.8 Å². The lowest BCUT2D eigenvalue weighted by Gasteiger charge is -2.50. The molecular formula is C21H34Cl2N2O5. The van der Waals surface area contributed by atoms with E-state index in [1.807, 2.05) is 0 Å². The van der Waals surface area contributed by atoms with Gasteiger partial charge in [0.2, 0.25) is 5.75 Å². The van der Waals surface area contributed by atoms with Crippen LogP contribution in [-0.4, -0.2) is 83.5 Å². The van der Waals surface area contributed by atoms with E-state index in [1.165, 1.54) is 14.2 Å². The number of likely N-dealkylation sites (tertiary alicyclic amines) is 1. The Morgan fingerprint density at radius 3 is 2.10 bits per heavy atom. The molecule has 3 rings (SSSR count). The van der Waals surface area contributed by atoms with E-state index in [-0.39, 0.29) is 36.9 Å². The van der Waals surface area contributed by atoms with Gasteiger partial charge in [0.25, 0.3) is 0 Å². The third-order valence-corrected chi connectivity index (χ3v) is 6.09. The van der Waals surface area contributed by atoms with Gasteiger partial charge in [-0.05, 0) is 46.1 Å². The molecule has 0 aromatic heterocycles. The standard InChI is InChI=1S/C21H32N2O5.2ClH/c1-22(2)16-8-7-13-11-23(3)12-15(16)19(13)28-21(24)14-9-17(25-4)20(27-6)18(10-14)26-5;;/h9-10,13,15-16,19H,7-8,11-12H2,1-6H3;2*1H. The van der Waals surface area contributed by atoms with Crippen LogP contribution in [0.15, 0.2) is 12.1 Å². The van der Waals surface area contributed by atoms with Crippen LogP contribution in [0.3, 0.4) is 0 Å². The maximum atomic E-state index is 13.0. The highest BCUT2D eigenvalue weighted by atomic mass is 35.5. The Labute approximate surface area is 191 Å². The van der Waals surface area contributed by atoms with Crippen LogP contribution in [0, 0.1) is 11.8 Å². The third-order valence-electron chi connectivity index (χ3n) is 6.09. The van der Waals surface area contributed by atoms with Crippen molar-refractivity contribution in [1.82, 2.24) is 9.80 Å². The molecule has 1 aromatic rings. The summed E-state index contributed by atoms with van der Waals surface area (Å²) >= 11 is 0. The van der Waals surface area contributed by atoms with Gasteiger partial charge >= 0.3 is 5.97 Å². The van der Waals surface area contributed by atoms with Crippen molar-refractivity contribution < 1.29 is 23.7 Å². The second kappa shape index (κ2) is 11.3. The number of hydrogen-bond acceptors (Lipinski definition) is 7. The Kier molecular flexibility index (Phi) is 10.0. The normalized spacial score (nSPS) is 25.6. The first-order valence-corrected chi connectivity index (χ1v) is 9.75. The number of methoxy groups -OCH3 is 3. The molecule has 0 amide bonds. The lowest BCUT2D eigenvalue weighted by Crippen LogP contribution is -2.59. The smallest absolute Gasteiger partial charge is 0.338 e. The molecule has 2 bridgehead atoms. The summed E-state index contributed by atoms with van der Waals surface area (Å²) in [7, 11) is 11.0. The summed E-state index contributed by atoms with van der Waals surface area (Å²) in [5.41, 5.74) is 0.410. The summed E-state index contributed by atoms with van der Waals surface area (Å²) in [5, 5.41) is 0. The zero-order valence-corrected chi connectivity index (χ0v) is 20.2. The molecule has 1 saturated carbocycles. The molecule has 2 fully saturated rings. The Hall–Kier alpha value is -1.41. The van der Waals surface area contributed by atoms with Crippen LogP contribution in [0.5, 0.6) is 17.2 Å². The molecule has 0 spiro atoms. The number of fused-ring (bicyclic) bond motifs is 2. The number of hydrogen-bond donors (Lipinski definition) is 0. The average molecular weight is 465 g/mol. The first-order valence-electron chi connectivity index (χ1n) is 9.75. The van der Waals surface area contributed by atoms with Gasteiger partial charge in [-0.3, -0.25) is 0 Å². The van der Waals surface area contributed by atoms with Crippen molar-refractivity contribution in [3.8, 4) is 17.2 Å². The van der Waals surface area contributed by atoms with Gasteiger partial charge in [0.1, 0.15) is 6.10 Å². The van der Waals surface area contributed by atoms with Crippen LogP contribution >= 0.6 is 24.8 Å². The number of piperidine rings is 1. The zero-order valence-electron chi connectivity index (χ0n) is 18.5. The Bertz CT molecular complexity index is 694.